The SMILES string of the molecule is COc1c(F)cc(S(=O)(=O)NC(C)(C)CCC(=O)O)cc1[N+](=O)[O-]. The molecule has 0 heterocycles. The predicted molar refractivity (Wildman–Crippen MR) is 80.9 cm³/mol. The zero-order valence-electron chi connectivity index (χ0n) is 13.2. The molecule has 24 heavy (non-hydrogen) atoms. The molecular weight excluding hydrogens is 347 g/mol. The highest BCUT2D eigenvalue weighted by molar-refractivity contribution is 7.89. The van der Waals surface area contributed by atoms with Gasteiger partial charge in [-0.15, -0.1) is 0 Å². The van der Waals surface area contributed by atoms with E-state index < -0.39 is 48.6 Å². The fourth-order valence-electron chi connectivity index (χ4n) is 1.94. The molecule has 0 aliphatic rings. The summed E-state index contributed by atoms with van der Waals surface area (Å²) in [7, 11) is -3.29. The quantitative estimate of drug-likeness (QED) is 0.529. The van der Waals surface area contributed by atoms with Crippen LogP contribution in [0.1, 0.15) is 26.7 Å². The molecule has 11 heteroatoms. The summed E-state index contributed by atoms with van der Waals surface area (Å²) in [6.45, 7) is 2.89. The predicted octanol–water partition coefficient (Wildman–Crippen LogP) is 1.66. The van der Waals surface area contributed by atoms with Gasteiger partial charge in [-0.2, -0.15) is 0 Å². The fourth-order valence-corrected chi connectivity index (χ4v) is 3.41. The summed E-state index contributed by atoms with van der Waals surface area (Å²) in [5.41, 5.74) is -1.98. The lowest BCUT2D eigenvalue weighted by molar-refractivity contribution is -0.386. The van der Waals surface area contributed by atoms with Crippen LogP contribution in [0.15, 0.2) is 17.0 Å². The lowest BCUT2D eigenvalue weighted by Crippen LogP contribution is -2.43. The highest BCUT2D eigenvalue weighted by Crippen LogP contribution is 2.33. The number of nitro benzene ring substituents is 1. The smallest absolute Gasteiger partial charge is 0.315 e. The highest BCUT2D eigenvalue weighted by atomic mass is 32.2. The van der Waals surface area contributed by atoms with Crippen molar-refractivity contribution in [1.29, 1.82) is 0 Å². The number of halogens is 1. The Hall–Kier alpha value is -2.27. The van der Waals surface area contributed by atoms with Crippen molar-refractivity contribution in [2.45, 2.75) is 37.1 Å². The maximum absolute atomic E-state index is 13.9. The second kappa shape index (κ2) is 7.09. The monoisotopic (exact) mass is 364 g/mol. The number of aliphatic carboxylic acids is 1. The van der Waals surface area contributed by atoms with Gasteiger partial charge in [0.2, 0.25) is 15.8 Å². The van der Waals surface area contributed by atoms with E-state index in [1.54, 1.807) is 0 Å². The number of rotatable bonds is 8. The average Bonchev–Trinajstić information content (AvgIpc) is 2.43. The van der Waals surface area contributed by atoms with E-state index in [0.717, 1.165) is 7.11 Å². The van der Waals surface area contributed by atoms with E-state index in [1.165, 1.54) is 13.8 Å². The number of hydrogen-bond acceptors (Lipinski definition) is 6. The van der Waals surface area contributed by atoms with Crippen LogP contribution in [0.3, 0.4) is 0 Å². The van der Waals surface area contributed by atoms with E-state index >= 15 is 0 Å². The Morgan fingerprint density at radius 3 is 2.50 bits per heavy atom. The van der Waals surface area contributed by atoms with Gasteiger partial charge in [0, 0.05) is 18.0 Å². The number of methoxy groups -OCH3 is 1. The number of carboxylic acid groups (broad SMARTS) is 1. The van der Waals surface area contributed by atoms with Crippen molar-refractivity contribution >= 4 is 21.7 Å². The standard InChI is InChI=1S/C13H17FN2O7S/c1-13(2,5-4-11(17)18)15-24(21,22)8-6-9(14)12(23-3)10(7-8)16(19)20/h6-7,15H,4-5H2,1-3H3,(H,17,18). The number of nitrogens with zero attached hydrogens (tertiary/aromatic N) is 1. The molecule has 1 rings (SSSR count). The van der Waals surface area contributed by atoms with Gasteiger partial charge in [0.1, 0.15) is 0 Å². The van der Waals surface area contributed by atoms with E-state index in [4.69, 9.17) is 5.11 Å². The molecule has 0 amide bonds. The van der Waals surface area contributed by atoms with Gasteiger partial charge < -0.3 is 9.84 Å². The molecule has 2 N–H and O–H groups in total. The van der Waals surface area contributed by atoms with Crippen molar-refractivity contribution in [2.24, 2.45) is 0 Å². The first-order valence-electron chi connectivity index (χ1n) is 6.67. The van der Waals surface area contributed by atoms with Gasteiger partial charge in [-0.25, -0.2) is 17.5 Å². The van der Waals surface area contributed by atoms with Crippen molar-refractivity contribution in [3.8, 4) is 5.75 Å². The second-order valence-corrected chi connectivity index (χ2v) is 7.28. The van der Waals surface area contributed by atoms with Gasteiger partial charge in [0.25, 0.3) is 0 Å². The van der Waals surface area contributed by atoms with Crippen LogP contribution in [0.5, 0.6) is 5.75 Å². The highest BCUT2D eigenvalue weighted by Gasteiger charge is 2.30. The Morgan fingerprint density at radius 1 is 1.46 bits per heavy atom. The first-order chi connectivity index (χ1) is 10.9. The maximum atomic E-state index is 13.9. The Kier molecular flexibility index (Phi) is 5.84. The molecule has 0 aliphatic heterocycles. The summed E-state index contributed by atoms with van der Waals surface area (Å²) < 4.78 is 45.3. The van der Waals surface area contributed by atoms with Crippen LogP contribution in [0, 0.1) is 15.9 Å². The summed E-state index contributed by atoms with van der Waals surface area (Å²) in [4.78, 5) is 19.9. The van der Waals surface area contributed by atoms with Gasteiger partial charge in [0.15, 0.2) is 5.82 Å². The lowest BCUT2D eigenvalue weighted by atomic mass is 10.0. The van der Waals surface area contributed by atoms with Crippen molar-refractivity contribution < 1.29 is 32.4 Å². The summed E-state index contributed by atoms with van der Waals surface area (Å²) >= 11 is 0. The molecule has 0 aliphatic carbocycles. The number of nitro groups is 1. The minimum atomic E-state index is -4.31. The van der Waals surface area contributed by atoms with Crippen LogP contribution < -0.4 is 9.46 Å². The maximum Gasteiger partial charge on any atom is 0.315 e. The van der Waals surface area contributed by atoms with Crippen LogP contribution in [0.4, 0.5) is 10.1 Å². The molecule has 0 fully saturated rings. The summed E-state index contributed by atoms with van der Waals surface area (Å²) in [5, 5.41) is 19.6. The second-order valence-electron chi connectivity index (χ2n) is 5.60. The molecule has 0 unspecified atom stereocenters. The third kappa shape index (κ3) is 4.86. The zero-order valence-corrected chi connectivity index (χ0v) is 14.0. The molecule has 134 valence electrons. The molecule has 1 aromatic carbocycles. The van der Waals surface area contributed by atoms with Gasteiger partial charge in [-0.1, -0.05) is 0 Å². The molecule has 0 bridgehead atoms. The molecule has 0 saturated heterocycles. The molecule has 0 aromatic heterocycles. The van der Waals surface area contributed by atoms with E-state index in [0.29, 0.717) is 12.1 Å². The normalized spacial score (nSPS) is 12.0. The van der Waals surface area contributed by atoms with E-state index in [1.807, 2.05) is 0 Å². The Balaban J connectivity index is 3.24. The Labute approximate surface area is 137 Å². The van der Waals surface area contributed by atoms with Crippen LogP contribution in [-0.2, 0) is 14.8 Å². The van der Waals surface area contributed by atoms with Crippen LogP contribution in [0.25, 0.3) is 0 Å². The van der Waals surface area contributed by atoms with Gasteiger partial charge in [-0.05, 0) is 26.3 Å². The number of benzene rings is 1. The minimum Gasteiger partial charge on any atom is -0.488 e. The van der Waals surface area contributed by atoms with Crippen LogP contribution in [-0.4, -0.2) is 37.1 Å². The molecular formula is C13H17FN2O7S. The third-order valence-corrected chi connectivity index (χ3v) is 4.76. The van der Waals surface area contributed by atoms with Gasteiger partial charge >= 0.3 is 11.7 Å². The van der Waals surface area contributed by atoms with Crippen molar-refractivity contribution in [3.63, 3.8) is 0 Å². The van der Waals surface area contributed by atoms with E-state index in [-0.39, 0.29) is 12.8 Å². The largest absolute Gasteiger partial charge is 0.488 e. The molecule has 1 aromatic rings. The average molecular weight is 364 g/mol. The van der Waals surface area contributed by atoms with Crippen LogP contribution >= 0.6 is 0 Å². The van der Waals surface area contributed by atoms with Crippen molar-refractivity contribution in [2.75, 3.05) is 7.11 Å². The topological polar surface area (TPSA) is 136 Å². The number of ether oxygens (including phenoxy) is 1. The molecule has 9 nitrogen and oxygen atoms in total. The van der Waals surface area contributed by atoms with Crippen molar-refractivity contribution in [3.05, 3.63) is 28.1 Å². The molecule has 0 spiro atoms. The summed E-state index contributed by atoms with van der Waals surface area (Å²) in [6, 6.07) is 1.28. The number of carbonyl (C=O) groups is 1. The molecule has 0 radical (unpaired) electrons. The van der Waals surface area contributed by atoms with Gasteiger partial charge in [-0.3, -0.25) is 14.9 Å². The number of hydrogen-bond donors (Lipinski definition) is 2. The Morgan fingerprint density at radius 2 is 2.04 bits per heavy atom. The van der Waals surface area contributed by atoms with E-state index in [2.05, 4.69) is 9.46 Å². The first-order valence-corrected chi connectivity index (χ1v) is 8.15. The summed E-state index contributed by atoms with van der Waals surface area (Å²) in [5.74, 6) is -2.98. The Bertz CT molecular complexity index is 762. The lowest BCUT2D eigenvalue weighted by Gasteiger charge is -2.25. The summed E-state index contributed by atoms with van der Waals surface area (Å²) in [6.07, 6.45) is -0.311. The fraction of sp³-hybridized carbons (Fsp3) is 0.462. The van der Waals surface area contributed by atoms with Crippen LogP contribution in [0.2, 0.25) is 0 Å². The number of nitrogens with one attached hydrogen (secondary N) is 1. The first kappa shape index (κ1) is 19.8. The number of sulfonamides is 1. The number of carboxylic acids is 1. The van der Waals surface area contributed by atoms with E-state index in [9.17, 15) is 27.7 Å². The third-order valence-electron chi connectivity index (χ3n) is 3.08. The van der Waals surface area contributed by atoms with Crippen molar-refractivity contribution in [1.82, 2.24) is 4.72 Å². The zero-order chi connectivity index (χ0) is 18.7. The molecule has 0 saturated carbocycles. The van der Waals surface area contributed by atoms with Gasteiger partial charge in [0.05, 0.1) is 16.9 Å². The molecule has 0 atom stereocenters. The minimum absolute atomic E-state index is 0.0255.